The molecule has 0 aliphatic carbocycles. The van der Waals surface area contributed by atoms with Crippen molar-refractivity contribution in [3.63, 3.8) is 0 Å². The van der Waals surface area contributed by atoms with E-state index in [1.54, 1.807) is 12.1 Å². The van der Waals surface area contributed by atoms with Gasteiger partial charge in [0.1, 0.15) is 12.4 Å². The van der Waals surface area contributed by atoms with Crippen LogP contribution in [0.4, 0.5) is 5.69 Å². The molecule has 1 aromatic rings. The van der Waals surface area contributed by atoms with Crippen molar-refractivity contribution < 1.29 is 9.47 Å². The van der Waals surface area contributed by atoms with Crippen molar-refractivity contribution in [1.82, 2.24) is 0 Å². The Bertz CT molecular complexity index is 338. The third-order valence-corrected chi connectivity index (χ3v) is 1.83. The minimum absolute atomic E-state index is 0.160. The fourth-order valence-corrected chi connectivity index (χ4v) is 1.19. The van der Waals surface area contributed by atoms with Crippen LogP contribution in [0.2, 0.25) is 0 Å². The number of rotatable bonds is 0. The number of hydrogen-bond acceptors (Lipinski definition) is 4. The van der Waals surface area contributed by atoms with E-state index in [2.05, 4.69) is 0 Å². The first kappa shape index (κ1) is 7.36. The number of nitrogen functional groups attached to an aromatic ring is 1. The molecule has 0 radical (unpaired) electrons. The molecule has 4 heteroatoms. The standard InChI is InChI=1S/C8H7NO2S/c9-6-2-1-5-4-10-8(12)11-7(5)3-6/h1-3H,4,9H2. The first-order valence-corrected chi connectivity index (χ1v) is 3.89. The molecule has 0 unspecified atom stereocenters. The summed E-state index contributed by atoms with van der Waals surface area (Å²) in [5.74, 6) is 0.700. The maximum absolute atomic E-state index is 5.56. The maximum Gasteiger partial charge on any atom is 0.358 e. The second kappa shape index (κ2) is 2.64. The monoisotopic (exact) mass is 181 g/mol. The third-order valence-electron chi connectivity index (χ3n) is 1.63. The molecule has 12 heavy (non-hydrogen) atoms. The highest BCUT2D eigenvalue weighted by Gasteiger charge is 2.14. The van der Waals surface area contributed by atoms with Crippen LogP contribution in [0.25, 0.3) is 0 Å². The highest BCUT2D eigenvalue weighted by atomic mass is 32.1. The van der Waals surface area contributed by atoms with Crippen molar-refractivity contribution >= 4 is 23.1 Å². The number of anilines is 1. The van der Waals surface area contributed by atoms with E-state index in [1.807, 2.05) is 6.07 Å². The van der Waals surface area contributed by atoms with Gasteiger partial charge in [-0.15, -0.1) is 0 Å². The average Bonchev–Trinajstić information content (AvgIpc) is 2.03. The Labute approximate surface area is 75.1 Å². The molecular formula is C8H7NO2S. The van der Waals surface area contributed by atoms with Gasteiger partial charge in [0.25, 0.3) is 0 Å². The zero-order valence-corrected chi connectivity index (χ0v) is 7.06. The van der Waals surface area contributed by atoms with E-state index in [1.165, 1.54) is 0 Å². The topological polar surface area (TPSA) is 44.5 Å². The molecule has 2 rings (SSSR count). The Hall–Kier alpha value is -1.29. The lowest BCUT2D eigenvalue weighted by Gasteiger charge is -2.17. The molecule has 2 N–H and O–H groups in total. The van der Waals surface area contributed by atoms with Gasteiger partial charge in [-0.2, -0.15) is 0 Å². The average molecular weight is 181 g/mol. The number of fused-ring (bicyclic) bond motifs is 1. The Morgan fingerprint density at radius 3 is 3.08 bits per heavy atom. The number of hydrogen-bond donors (Lipinski definition) is 1. The van der Waals surface area contributed by atoms with Gasteiger partial charge in [-0.3, -0.25) is 0 Å². The molecule has 1 aromatic carbocycles. The van der Waals surface area contributed by atoms with Crippen LogP contribution in [0.3, 0.4) is 0 Å². The fraction of sp³-hybridized carbons (Fsp3) is 0.125. The van der Waals surface area contributed by atoms with E-state index < -0.39 is 0 Å². The van der Waals surface area contributed by atoms with Gasteiger partial charge >= 0.3 is 5.24 Å². The first-order chi connectivity index (χ1) is 5.75. The van der Waals surface area contributed by atoms with Gasteiger partial charge in [-0.1, -0.05) is 0 Å². The zero-order valence-electron chi connectivity index (χ0n) is 6.24. The minimum atomic E-state index is 0.160. The van der Waals surface area contributed by atoms with Crippen molar-refractivity contribution in [3.05, 3.63) is 23.8 Å². The third kappa shape index (κ3) is 1.21. The van der Waals surface area contributed by atoms with Crippen LogP contribution >= 0.6 is 12.2 Å². The lowest BCUT2D eigenvalue weighted by Crippen LogP contribution is -2.16. The number of benzene rings is 1. The van der Waals surface area contributed by atoms with Crippen LogP contribution in [0.1, 0.15) is 5.56 Å². The fourth-order valence-electron chi connectivity index (χ4n) is 1.04. The van der Waals surface area contributed by atoms with Crippen molar-refractivity contribution in [3.8, 4) is 5.75 Å². The first-order valence-electron chi connectivity index (χ1n) is 3.49. The summed E-state index contributed by atoms with van der Waals surface area (Å²) in [6, 6.07) is 5.41. The van der Waals surface area contributed by atoms with Crippen LogP contribution < -0.4 is 10.5 Å². The van der Waals surface area contributed by atoms with E-state index in [9.17, 15) is 0 Å². The molecule has 0 fully saturated rings. The van der Waals surface area contributed by atoms with Gasteiger partial charge < -0.3 is 15.2 Å². The molecule has 0 saturated heterocycles. The Balaban J connectivity index is 2.44. The quantitative estimate of drug-likeness (QED) is 0.486. The van der Waals surface area contributed by atoms with Gasteiger partial charge in [-0.25, -0.2) is 0 Å². The molecular weight excluding hydrogens is 174 g/mol. The highest BCUT2D eigenvalue weighted by molar-refractivity contribution is 7.79. The molecule has 1 heterocycles. The molecule has 1 aliphatic heterocycles. The van der Waals surface area contributed by atoms with Crippen LogP contribution in [0, 0.1) is 0 Å². The Kier molecular flexibility index (Phi) is 1.62. The van der Waals surface area contributed by atoms with Gasteiger partial charge in [0.05, 0.1) is 0 Å². The van der Waals surface area contributed by atoms with Gasteiger partial charge in [0.15, 0.2) is 0 Å². The SMILES string of the molecule is Nc1ccc2c(c1)OC(=S)OC2. The largest absolute Gasteiger partial charge is 0.452 e. The molecule has 0 atom stereocenters. The van der Waals surface area contributed by atoms with Crippen molar-refractivity contribution in [2.24, 2.45) is 0 Å². The number of nitrogens with two attached hydrogens (primary N) is 1. The summed E-state index contributed by atoms with van der Waals surface area (Å²) < 4.78 is 10.2. The van der Waals surface area contributed by atoms with Crippen LogP contribution in [0.15, 0.2) is 18.2 Å². The van der Waals surface area contributed by atoms with Gasteiger partial charge in [0.2, 0.25) is 0 Å². The molecule has 3 nitrogen and oxygen atoms in total. The molecule has 0 amide bonds. The van der Waals surface area contributed by atoms with E-state index in [-0.39, 0.29) is 5.24 Å². The summed E-state index contributed by atoms with van der Waals surface area (Å²) in [7, 11) is 0. The summed E-state index contributed by atoms with van der Waals surface area (Å²) in [4.78, 5) is 0. The summed E-state index contributed by atoms with van der Waals surface area (Å²) in [5.41, 5.74) is 7.20. The molecule has 1 aliphatic rings. The van der Waals surface area contributed by atoms with Crippen molar-refractivity contribution in [2.75, 3.05) is 5.73 Å². The number of ether oxygens (including phenoxy) is 2. The second-order valence-corrected chi connectivity index (χ2v) is 2.84. The van der Waals surface area contributed by atoms with Gasteiger partial charge in [-0.05, 0) is 12.1 Å². The molecule has 0 spiro atoms. The molecule has 0 aromatic heterocycles. The van der Waals surface area contributed by atoms with E-state index >= 15 is 0 Å². The van der Waals surface area contributed by atoms with Gasteiger partial charge in [0, 0.05) is 29.5 Å². The normalized spacial score (nSPS) is 14.5. The second-order valence-electron chi connectivity index (χ2n) is 2.51. The van der Waals surface area contributed by atoms with Crippen molar-refractivity contribution in [1.29, 1.82) is 0 Å². The summed E-state index contributed by atoms with van der Waals surface area (Å²) >= 11 is 4.74. The lowest BCUT2D eigenvalue weighted by atomic mass is 10.2. The van der Waals surface area contributed by atoms with Crippen molar-refractivity contribution in [2.45, 2.75) is 6.61 Å². The lowest BCUT2D eigenvalue weighted by molar-refractivity contribution is 0.210. The predicted octanol–water partition coefficient (Wildman–Crippen LogP) is 1.46. The van der Waals surface area contributed by atoms with Crippen LogP contribution in [-0.2, 0) is 11.3 Å². The van der Waals surface area contributed by atoms with Crippen LogP contribution in [-0.4, -0.2) is 5.24 Å². The highest BCUT2D eigenvalue weighted by Crippen LogP contribution is 2.26. The summed E-state index contributed by atoms with van der Waals surface area (Å²) in [6.45, 7) is 0.467. The predicted molar refractivity (Wildman–Crippen MR) is 48.9 cm³/mol. The Morgan fingerprint density at radius 1 is 1.42 bits per heavy atom. The molecule has 0 saturated carbocycles. The van der Waals surface area contributed by atoms with Crippen LogP contribution in [0.5, 0.6) is 5.75 Å². The number of thiocarbonyl (C=S) groups is 1. The van der Waals surface area contributed by atoms with E-state index in [4.69, 9.17) is 27.4 Å². The summed E-state index contributed by atoms with van der Waals surface area (Å²) in [6.07, 6.45) is 0. The molecule has 62 valence electrons. The molecule has 0 bridgehead atoms. The maximum atomic E-state index is 5.56. The minimum Gasteiger partial charge on any atom is -0.452 e. The zero-order chi connectivity index (χ0) is 8.55. The van der Waals surface area contributed by atoms with E-state index in [0.29, 0.717) is 18.0 Å². The van der Waals surface area contributed by atoms with E-state index in [0.717, 1.165) is 5.56 Å². The summed E-state index contributed by atoms with van der Waals surface area (Å²) in [5, 5.41) is 0.160. The smallest absolute Gasteiger partial charge is 0.358 e. The Morgan fingerprint density at radius 2 is 2.25 bits per heavy atom.